The highest BCUT2D eigenvalue weighted by molar-refractivity contribution is 7.16. The minimum absolute atomic E-state index is 0.00935. The molecule has 0 aliphatic rings. The number of aromatic carboxylic acids is 1. The summed E-state index contributed by atoms with van der Waals surface area (Å²) in [4.78, 5) is 28.6. The van der Waals surface area contributed by atoms with Gasteiger partial charge in [0.1, 0.15) is 0 Å². The average molecular weight is 257 g/mol. The summed E-state index contributed by atoms with van der Waals surface area (Å²) >= 11 is 1.19. The number of hydrogen-bond donors (Lipinski definition) is 2. The van der Waals surface area contributed by atoms with Gasteiger partial charge in [0, 0.05) is 13.0 Å². The van der Waals surface area contributed by atoms with Crippen LogP contribution in [0.15, 0.2) is 0 Å². The van der Waals surface area contributed by atoms with E-state index >= 15 is 0 Å². The third-order valence-electron chi connectivity index (χ3n) is 1.93. The van der Waals surface area contributed by atoms with Crippen molar-refractivity contribution in [3.63, 3.8) is 0 Å². The summed E-state index contributed by atoms with van der Waals surface area (Å²) in [5, 5.41) is 11.9. The van der Waals surface area contributed by atoms with E-state index in [1.807, 2.05) is 19.0 Å². The Kier molecular flexibility index (Phi) is 4.59. The molecule has 0 radical (unpaired) electrons. The first-order chi connectivity index (χ1) is 7.93. The van der Waals surface area contributed by atoms with Crippen LogP contribution in [0.4, 0.5) is 5.13 Å². The maximum absolute atomic E-state index is 11.2. The summed E-state index contributed by atoms with van der Waals surface area (Å²) in [5.41, 5.74) is 0.00935. The van der Waals surface area contributed by atoms with Crippen LogP contribution in [0, 0.1) is 0 Å². The number of carbonyl (C=O) groups is 2. The minimum atomic E-state index is -1.07. The Hall–Kier alpha value is -1.47. The van der Waals surface area contributed by atoms with Gasteiger partial charge in [-0.05, 0) is 14.1 Å². The molecule has 1 heterocycles. The second kappa shape index (κ2) is 5.74. The highest BCUT2D eigenvalue weighted by Crippen LogP contribution is 2.24. The third-order valence-corrected chi connectivity index (χ3v) is 2.88. The molecule has 1 aromatic heterocycles. The van der Waals surface area contributed by atoms with Gasteiger partial charge in [0.15, 0.2) is 10.8 Å². The molecule has 0 atom stereocenters. The second-order valence-corrected chi connectivity index (χ2v) is 4.82. The highest BCUT2D eigenvalue weighted by atomic mass is 32.1. The van der Waals surface area contributed by atoms with Crippen LogP contribution in [0.5, 0.6) is 0 Å². The summed E-state index contributed by atoms with van der Waals surface area (Å²) in [6.07, 6.45) is 0.338. The fourth-order valence-electron chi connectivity index (χ4n) is 1.17. The van der Waals surface area contributed by atoms with Crippen molar-refractivity contribution >= 4 is 28.3 Å². The molecule has 1 rings (SSSR count). The van der Waals surface area contributed by atoms with Gasteiger partial charge in [-0.1, -0.05) is 18.3 Å². The average Bonchev–Trinajstić information content (AvgIpc) is 2.59. The number of carboxylic acid groups (broad SMARTS) is 1. The first kappa shape index (κ1) is 13.6. The van der Waals surface area contributed by atoms with E-state index in [0.717, 1.165) is 0 Å². The molecule has 17 heavy (non-hydrogen) atoms. The SMILES string of the molecule is CCC(=O)Nc1nc(C(=O)O)c(CN(C)C)s1. The predicted molar refractivity (Wildman–Crippen MR) is 65.4 cm³/mol. The zero-order valence-electron chi connectivity index (χ0n) is 9.98. The largest absolute Gasteiger partial charge is 0.476 e. The van der Waals surface area contributed by atoms with E-state index in [9.17, 15) is 9.59 Å². The van der Waals surface area contributed by atoms with Crippen LogP contribution in [0.2, 0.25) is 0 Å². The van der Waals surface area contributed by atoms with Crippen LogP contribution in [0.1, 0.15) is 28.7 Å². The first-order valence-electron chi connectivity index (χ1n) is 5.11. The number of hydrogen-bond acceptors (Lipinski definition) is 5. The summed E-state index contributed by atoms with van der Waals surface area (Å²) < 4.78 is 0. The van der Waals surface area contributed by atoms with Crippen molar-refractivity contribution in [1.82, 2.24) is 9.88 Å². The van der Waals surface area contributed by atoms with Crippen LogP contribution in [-0.2, 0) is 11.3 Å². The van der Waals surface area contributed by atoms with Crippen molar-refractivity contribution in [2.24, 2.45) is 0 Å². The lowest BCUT2D eigenvalue weighted by molar-refractivity contribution is -0.115. The van der Waals surface area contributed by atoms with Gasteiger partial charge in [-0.2, -0.15) is 0 Å². The Morgan fingerprint density at radius 3 is 2.59 bits per heavy atom. The lowest BCUT2D eigenvalue weighted by Gasteiger charge is -2.06. The fourth-order valence-corrected chi connectivity index (χ4v) is 2.26. The van der Waals surface area contributed by atoms with Crippen molar-refractivity contribution < 1.29 is 14.7 Å². The molecule has 6 nitrogen and oxygen atoms in total. The van der Waals surface area contributed by atoms with E-state index < -0.39 is 5.97 Å². The summed E-state index contributed by atoms with van der Waals surface area (Å²) in [6.45, 7) is 2.21. The van der Waals surface area contributed by atoms with Gasteiger partial charge in [0.2, 0.25) is 5.91 Å². The smallest absolute Gasteiger partial charge is 0.355 e. The van der Waals surface area contributed by atoms with E-state index in [-0.39, 0.29) is 11.6 Å². The van der Waals surface area contributed by atoms with Gasteiger partial charge in [-0.15, -0.1) is 0 Å². The Bertz CT molecular complexity index is 428. The van der Waals surface area contributed by atoms with Crippen molar-refractivity contribution in [2.45, 2.75) is 19.9 Å². The highest BCUT2D eigenvalue weighted by Gasteiger charge is 2.18. The minimum Gasteiger partial charge on any atom is -0.476 e. The maximum atomic E-state index is 11.2. The Morgan fingerprint density at radius 2 is 2.12 bits per heavy atom. The maximum Gasteiger partial charge on any atom is 0.355 e. The van der Waals surface area contributed by atoms with Crippen molar-refractivity contribution in [3.8, 4) is 0 Å². The third kappa shape index (κ3) is 3.79. The summed E-state index contributed by atoms with van der Waals surface area (Å²) in [5.74, 6) is -1.25. The monoisotopic (exact) mass is 257 g/mol. The molecule has 0 fully saturated rings. The molecule has 0 aromatic carbocycles. The van der Waals surface area contributed by atoms with Gasteiger partial charge in [-0.25, -0.2) is 9.78 Å². The van der Waals surface area contributed by atoms with Crippen LogP contribution in [-0.4, -0.2) is 41.0 Å². The summed E-state index contributed by atoms with van der Waals surface area (Å²) in [7, 11) is 3.69. The molecule has 7 heteroatoms. The van der Waals surface area contributed by atoms with Crippen LogP contribution in [0.3, 0.4) is 0 Å². The van der Waals surface area contributed by atoms with Crippen molar-refractivity contribution in [1.29, 1.82) is 0 Å². The van der Waals surface area contributed by atoms with E-state index in [2.05, 4.69) is 10.3 Å². The number of rotatable bonds is 5. The molecule has 1 aromatic rings. The molecular formula is C10H15N3O3S. The lowest BCUT2D eigenvalue weighted by atomic mass is 10.3. The van der Waals surface area contributed by atoms with Gasteiger partial charge < -0.3 is 15.3 Å². The van der Waals surface area contributed by atoms with E-state index in [1.54, 1.807) is 6.92 Å². The number of anilines is 1. The quantitative estimate of drug-likeness (QED) is 0.829. The van der Waals surface area contributed by atoms with E-state index in [1.165, 1.54) is 11.3 Å². The van der Waals surface area contributed by atoms with E-state index in [4.69, 9.17) is 5.11 Å². The number of nitrogens with one attached hydrogen (secondary N) is 1. The molecule has 94 valence electrons. The second-order valence-electron chi connectivity index (χ2n) is 3.74. The van der Waals surface area contributed by atoms with Gasteiger partial charge in [0.25, 0.3) is 0 Å². The lowest BCUT2D eigenvalue weighted by Crippen LogP contribution is -2.12. The molecular weight excluding hydrogens is 242 g/mol. The number of thiazole rings is 1. The number of carboxylic acids is 1. The molecule has 0 aliphatic heterocycles. The van der Waals surface area contributed by atoms with Crippen LogP contribution in [0.25, 0.3) is 0 Å². The molecule has 0 aliphatic carbocycles. The normalized spacial score (nSPS) is 10.6. The van der Waals surface area contributed by atoms with Gasteiger partial charge in [-0.3, -0.25) is 4.79 Å². The number of nitrogens with zero attached hydrogens (tertiary/aromatic N) is 2. The molecule has 1 amide bonds. The topological polar surface area (TPSA) is 82.5 Å². The van der Waals surface area contributed by atoms with Gasteiger partial charge in [0.05, 0.1) is 4.88 Å². The predicted octanol–water partition coefficient (Wildman–Crippen LogP) is 1.25. The zero-order chi connectivity index (χ0) is 13.0. The molecule has 0 saturated carbocycles. The molecule has 0 saturated heterocycles. The first-order valence-corrected chi connectivity index (χ1v) is 5.93. The molecule has 0 unspecified atom stereocenters. The Labute approximate surface area is 103 Å². The van der Waals surface area contributed by atoms with Crippen LogP contribution >= 0.6 is 11.3 Å². The van der Waals surface area contributed by atoms with Gasteiger partial charge >= 0.3 is 5.97 Å². The molecule has 0 bridgehead atoms. The van der Waals surface area contributed by atoms with Crippen LogP contribution < -0.4 is 5.32 Å². The number of aromatic nitrogens is 1. The molecule has 0 spiro atoms. The number of carbonyl (C=O) groups excluding carboxylic acids is 1. The zero-order valence-corrected chi connectivity index (χ0v) is 10.8. The standard InChI is InChI=1S/C10H15N3O3S/c1-4-7(14)11-10-12-8(9(15)16)6(17-10)5-13(2)3/h4-5H2,1-3H3,(H,15,16)(H,11,12,14). The van der Waals surface area contributed by atoms with E-state index in [0.29, 0.717) is 23.0 Å². The van der Waals surface area contributed by atoms with Crippen molar-refractivity contribution in [2.75, 3.05) is 19.4 Å². The molecule has 2 N–H and O–H groups in total. The summed E-state index contributed by atoms with van der Waals surface area (Å²) in [6, 6.07) is 0. The fraction of sp³-hybridized carbons (Fsp3) is 0.500. The Morgan fingerprint density at radius 1 is 1.47 bits per heavy atom. The Balaban J connectivity index is 2.95. The van der Waals surface area contributed by atoms with Crippen molar-refractivity contribution in [3.05, 3.63) is 10.6 Å². The number of amides is 1.